The number of nitrogens with two attached hydrogens (primary N) is 1. The first-order valence-electron chi connectivity index (χ1n) is 6.18. The van der Waals surface area contributed by atoms with E-state index < -0.39 is 5.54 Å². The quantitative estimate of drug-likeness (QED) is 0.895. The second-order valence-corrected chi connectivity index (χ2v) is 6.10. The van der Waals surface area contributed by atoms with E-state index in [1.807, 2.05) is 37.3 Å². The first kappa shape index (κ1) is 14.2. The SMILES string of the molecule is Cc1ccc(C(C)(N)Cc2ccc(Br)cc2)cc1F. The van der Waals surface area contributed by atoms with E-state index in [0.29, 0.717) is 12.0 Å². The van der Waals surface area contributed by atoms with Gasteiger partial charge in [-0.05, 0) is 55.2 Å². The van der Waals surface area contributed by atoms with E-state index in [9.17, 15) is 4.39 Å². The maximum absolute atomic E-state index is 13.6. The minimum absolute atomic E-state index is 0.204. The van der Waals surface area contributed by atoms with Gasteiger partial charge in [0.1, 0.15) is 5.82 Å². The highest BCUT2D eigenvalue weighted by Crippen LogP contribution is 2.25. The van der Waals surface area contributed by atoms with Crippen molar-refractivity contribution in [2.45, 2.75) is 25.8 Å². The summed E-state index contributed by atoms with van der Waals surface area (Å²) in [5.41, 5.74) is 8.36. The molecule has 0 radical (unpaired) electrons. The molecule has 0 aliphatic carbocycles. The molecule has 19 heavy (non-hydrogen) atoms. The summed E-state index contributed by atoms with van der Waals surface area (Å²) in [6.45, 7) is 3.68. The molecule has 0 bridgehead atoms. The molecule has 3 heteroatoms. The van der Waals surface area contributed by atoms with Crippen molar-refractivity contribution in [1.29, 1.82) is 0 Å². The molecule has 0 heterocycles. The van der Waals surface area contributed by atoms with Gasteiger partial charge in [0.2, 0.25) is 0 Å². The number of hydrogen-bond acceptors (Lipinski definition) is 1. The van der Waals surface area contributed by atoms with Crippen molar-refractivity contribution in [2.75, 3.05) is 0 Å². The Labute approximate surface area is 121 Å². The zero-order chi connectivity index (χ0) is 14.0. The van der Waals surface area contributed by atoms with Gasteiger partial charge in [0.05, 0.1) is 0 Å². The molecule has 0 spiro atoms. The Bertz CT molecular complexity index is 576. The van der Waals surface area contributed by atoms with Crippen LogP contribution in [0.2, 0.25) is 0 Å². The van der Waals surface area contributed by atoms with Gasteiger partial charge in [0.25, 0.3) is 0 Å². The number of halogens is 2. The summed E-state index contributed by atoms with van der Waals surface area (Å²) >= 11 is 3.41. The molecule has 0 saturated carbocycles. The lowest BCUT2D eigenvalue weighted by Gasteiger charge is -2.26. The Hall–Kier alpha value is -1.19. The summed E-state index contributed by atoms with van der Waals surface area (Å²) < 4.78 is 14.7. The van der Waals surface area contributed by atoms with Gasteiger partial charge < -0.3 is 5.73 Å². The molecule has 0 aromatic heterocycles. The zero-order valence-electron chi connectivity index (χ0n) is 11.1. The summed E-state index contributed by atoms with van der Waals surface area (Å²) in [4.78, 5) is 0. The van der Waals surface area contributed by atoms with Crippen molar-refractivity contribution in [3.05, 3.63) is 69.4 Å². The number of benzene rings is 2. The van der Waals surface area contributed by atoms with Gasteiger partial charge in [-0.15, -0.1) is 0 Å². The first-order valence-corrected chi connectivity index (χ1v) is 6.98. The molecule has 0 aliphatic rings. The second-order valence-electron chi connectivity index (χ2n) is 5.18. The predicted molar refractivity (Wildman–Crippen MR) is 80.5 cm³/mol. The van der Waals surface area contributed by atoms with Crippen molar-refractivity contribution in [3.63, 3.8) is 0 Å². The predicted octanol–water partition coefficient (Wildman–Crippen LogP) is 4.31. The van der Waals surface area contributed by atoms with Crippen molar-refractivity contribution in [2.24, 2.45) is 5.73 Å². The van der Waals surface area contributed by atoms with Crippen LogP contribution in [-0.2, 0) is 12.0 Å². The Morgan fingerprint density at radius 1 is 1.16 bits per heavy atom. The van der Waals surface area contributed by atoms with Crippen LogP contribution in [0.1, 0.15) is 23.6 Å². The highest BCUT2D eigenvalue weighted by molar-refractivity contribution is 9.10. The smallest absolute Gasteiger partial charge is 0.126 e. The first-order chi connectivity index (χ1) is 8.88. The summed E-state index contributed by atoms with van der Waals surface area (Å²) in [7, 11) is 0. The van der Waals surface area contributed by atoms with Gasteiger partial charge in [0, 0.05) is 10.0 Å². The van der Waals surface area contributed by atoms with Crippen molar-refractivity contribution >= 4 is 15.9 Å². The van der Waals surface area contributed by atoms with Crippen molar-refractivity contribution in [1.82, 2.24) is 0 Å². The second kappa shape index (κ2) is 5.43. The van der Waals surface area contributed by atoms with Crippen LogP contribution in [-0.4, -0.2) is 0 Å². The molecule has 1 unspecified atom stereocenters. The largest absolute Gasteiger partial charge is 0.321 e. The summed E-state index contributed by atoms with van der Waals surface area (Å²) in [5.74, 6) is -0.204. The van der Waals surface area contributed by atoms with Gasteiger partial charge in [-0.3, -0.25) is 0 Å². The molecule has 0 fully saturated rings. The highest BCUT2D eigenvalue weighted by Gasteiger charge is 2.22. The van der Waals surface area contributed by atoms with Gasteiger partial charge >= 0.3 is 0 Å². The van der Waals surface area contributed by atoms with E-state index in [4.69, 9.17) is 5.73 Å². The molecule has 2 aromatic rings. The van der Waals surface area contributed by atoms with E-state index in [2.05, 4.69) is 15.9 Å². The van der Waals surface area contributed by atoms with Gasteiger partial charge in [-0.25, -0.2) is 4.39 Å². The van der Waals surface area contributed by atoms with Crippen molar-refractivity contribution in [3.8, 4) is 0 Å². The third-order valence-corrected chi connectivity index (χ3v) is 3.84. The fourth-order valence-electron chi connectivity index (χ4n) is 2.08. The number of aryl methyl sites for hydroxylation is 1. The molecule has 2 N–H and O–H groups in total. The Balaban J connectivity index is 2.26. The van der Waals surface area contributed by atoms with Crippen molar-refractivity contribution < 1.29 is 4.39 Å². The maximum atomic E-state index is 13.6. The lowest BCUT2D eigenvalue weighted by atomic mass is 9.86. The lowest BCUT2D eigenvalue weighted by Crippen LogP contribution is -2.35. The molecule has 1 atom stereocenters. The summed E-state index contributed by atoms with van der Waals surface area (Å²) in [6, 6.07) is 13.2. The highest BCUT2D eigenvalue weighted by atomic mass is 79.9. The monoisotopic (exact) mass is 321 g/mol. The lowest BCUT2D eigenvalue weighted by molar-refractivity contribution is 0.485. The minimum Gasteiger partial charge on any atom is -0.321 e. The van der Waals surface area contributed by atoms with E-state index >= 15 is 0 Å². The van der Waals surface area contributed by atoms with E-state index in [1.165, 1.54) is 6.07 Å². The fourth-order valence-corrected chi connectivity index (χ4v) is 2.34. The zero-order valence-corrected chi connectivity index (χ0v) is 12.7. The third-order valence-electron chi connectivity index (χ3n) is 3.32. The normalized spacial score (nSPS) is 14.2. The average molecular weight is 322 g/mol. The van der Waals surface area contributed by atoms with Crippen LogP contribution in [0.3, 0.4) is 0 Å². The average Bonchev–Trinajstić information content (AvgIpc) is 2.35. The van der Waals surface area contributed by atoms with E-state index in [1.54, 1.807) is 13.0 Å². The van der Waals surface area contributed by atoms with Crippen LogP contribution in [0.15, 0.2) is 46.9 Å². The maximum Gasteiger partial charge on any atom is 0.126 e. The minimum atomic E-state index is -0.581. The van der Waals surface area contributed by atoms with Gasteiger partial charge in [-0.2, -0.15) is 0 Å². The Morgan fingerprint density at radius 3 is 2.37 bits per heavy atom. The molecule has 0 saturated heterocycles. The molecule has 100 valence electrons. The molecule has 2 rings (SSSR count). The van der Waals surface area contributed by atoms with Crippen LogP contribution < -0.4 is 5.73 Å². The fraction of sp³-hybridized carbons (Fsp3) is 0.250. The number of rotatable bonds is 3. The standard InChI is InChI=1S/C16H17BrFN/c1-11-3-6-13(9-15(11)18)16(2,19)10-12-4-7-14(17)8-5-12/h3-9H,10,19H2,1-2H3. The third kappa shape index (κ3) is 3.43. The number of hydrogen-bond donors (Lipinski definition) is 1. The molecule has 1 nitrogen and oxygen atoms in total. The van der Waals surface area contributed by atoms with Crippen LogP contribution in [0.25, 0.3) is 0 Å². The summed E-state index contributed by atoms with van der Waals surface area (Å²) in [5, 5.41) is 0. The Morgan fingerprint density at radius 2 is 1.79 bits per heavy atom. The molecule has 0 amide bonds. The van der Waals surface area contributed by atoms with Crippen LogP contribution in [0.4, 0.5) is 4.39 Å². The van der Waals surface area contributed by atoms with E-state index in [-0.39, 0.29) is 5.82 Å². The van der Waals surface area contributed by atoms with Crippen LogP contribution in [0, 0.1) is 12.7 Å². The Kier molecular flexibility index (Phi) is 4.07. The van der Waals surface area contributed by atoms with Crippen LogP contribution in [0.5, 0.6) is 0 Å². The topological polar surface area (TPSA) is 26.0 Å². The van der Waals surface area contributed by atoms with Gasteiger partial charge in [0.15, 0.2) is 0 Å². The summed E-state index contributed by atoms with van der Waals surface area (Å²) in [6.07, 6.45) is 0.669. The molecular weight excluding hydrogens is 305 g/mol. The van der Waals surface area contributed by atoms with E-state index in [0.717, 1.165) is 15.6 Å². The molecule has 0 aliphatic heterocycles. The molecular formula is C16H17BrFN. The van der Waals surface area contributed by atoms with Gasteiger partial charge in [-0.1, -0.05) is 40.2 Å². The van der Waals surface area contributed by atoms with Crippen LogP contribution >= 0.6 is 15.9 Å². The molecule has 2 aromatic carbocycles.